The summed E-state index contributed by atoms with van der Waals surface area (Å²) in [5, 5.41) is 18.4. The van der Waals surface area contributed by atoms with E-state index in [1.54, 1.807) is 6.07 Å². The third kappa shape index (κ3) is 4.48. The molecule has 0 N–H and O–H groups in total. The fourth-order valence-electron chi connectivity index (χ4n) is 0.506. The molecule has 0 saturated heterocycles. The summed E-state index contributed by atoms with van der Waals surface area (Å²) in [6, 6.07) is 1.68. The molecule has 0 aromatic rings. The first-order valence-electron chi connectivity index (χ1n) is 3.29. The SMILES string of the molecule is C=C(C#N)/C=C\C(=C/CF)[N+](=O)[O-]. The number of hydrogen-bond donors (Lipinski definition) is 0. The lowest BCUT2D eigenvalue weighted by Gasteiger charge is -1.88. The van der Waals surface area contributed by atoms with E-state index in [-0.39, 0.29) is 11.3 Å². The van der Waals surface area contributed by atoms with Gasteiger partial charge in [-0.15, -0.1) is 0 Å². The standard InChI is InChI=1S/C8H7FN2O2/c1-7(6-10)2-3-8(4-5-9)11(12)13/h2-4H,1,5H2/b3-2-,8-4+. The van der Waals surface area contributed by atoms with Crippen molar-refractivity contribution in [3.05, 3.63) is 46.2 Å². The van der Waals surface area contributed by atoms with Crippen LogP contribution in [-0.2, 0) is 0 Å². The smallest absolute Gasteiger partial charge is 0.258 e. The molecule has 0 aliphatic rings. The molecule has 0 unspecified atom stereocenters. The Morgan fingerprint density at radius 1 is 1.69 bits per heavy atom. The van der Waals surface area contributed by atoms with Crippen molar-refractivity contribution in [1.82, 2.24) is 0 Å². The molecule has 0 radical (unpaired) electrons. The van der Waals surface area contributed by atoms with E-state index < -0.39 is 11.6 Å². The first-order valence-corrected chi connectivity index (χ1v) is 3.29. The van der Waals surface area contributed by atoms with Gasteiger partial charge < -0.3 is 0 Å². The van der Waals surface area contributed by atoms with Crippen LogP contribution in [-0.4, -0.2) is 11.6 Å². The van der Waals surface area contributed by atoms with E-state index in [0.717, 1.165) is 18.2 Å². The van der Waals surface area contributed by atoms with E-state index in [4.69, 9.17) is 5.26 Å². The predicted octanol–water partition coefficient (Wildman–Crippen LogP) is 1.75. The van der Waals surface area contributed by atoms with E-state index in [1.807, 2.05) is 0 Å². The van der Waals surface area contributed by atoms with E-state index in [0.29, 0.717) is 0 Å². The summed E-state index contributed by atoms with van der Waals surface area (Å²) < 4.78 is 11.7. The van der Waals surface area contributed by atoms with Gasteiger partial charge in [-0.1, -0.05) is 6.58 Å². The molecule has 0 aromatic heterocycles. The maximum Gasteiger partial charge on any atom is 0.268 e. The molecule has 0 rings (SSSR count). The van der Waals surface area contributed by atoms with Gasteiger partial charge in [0.2, 0.25) is 0 Å². The number of halogens is 1. The Morgan fingerprint density at radius 3 is 2.69 bits per heavy atom. The van der Waals surface area contributed by atoms with Crippen LogP contribution in [0.25, 0.3) is 0 Å². The number of rotatable bonds is 4. The molecule has 0 fully saturated rings. The third-order valence-electron chi connectivity index (χ3n) is 1.10. The van der Waals surface area contributed by atoms with Gasteiger partial charge in [-0.2, -0.15) is 5.26 Å². The first kappa shape index (κ1) is 11.0. The van der Waals surface area contributed by atoms with Crippen molar-refractivity contribution in [1.29, 1.82) is 5.26 Å². The van der Waals surface area contributed by atoms with Crippen LogP contribution in [0.3, 0.4) is 0 Å². The molecular formula is C8H7FN2O2. The zero-order chi connectivity index (χ0) is 10.3. The minimum atomic E-state index is -0.917. The number of nitriles is 1. The van der Waals surface area contributed by atoms with Gasteiger partial charge in [0.25, 0.3) is 5.70 Å². The minimum absolute atomic E-state index is 0.0756. The second-order valence-electron chi connectivity index (χ2n) is 2.01. The Kier molecular flexibility index (Phi) is 4.81. The van der Waals surface area contributed by atoms with Gasteiger partial charge in [-0.3, -0.25) is 10.1 Å². The number of alkyl halides is 1. The highest BCUT2D eigenvalue weighted by Gasteiger charge is 2.04. The molecule has 0 aliphatic carbocycles. The maximum atomic E-state index is 11.7. The highest BCUT2D eigenvalue weighted by atomic mass is 19.1. The van der Waals surface area contributed by atoms with Crippen LogP contribution in [0.4, 0.5) is 4.39 Å². The number of allylic oxidation sites excluding steroid dienone is 4. The Labute approximate surface area is 74.4 Å². The summed E-state index contributed by atoms with van der Waals surface area (Å²) in [5.41, 5.74) is -0.314. The fraction of sp³-hybridized carbons (Fsp3) is 0.125. The quantitative estimate of drug-likeness (QED) is 0.288. The zero-order valence-electron chi connectivity index (χ0n) is 6.74. The van der Waals surface area contributed by atoms with Gasteiger partial charge >= 0.3 is 0 Å². The van der Waals surface area contributed by atoms with Gasteiger partial charge in [0.05, 0.1) is 11.0 Å². The van der Waals surface area contributed by atoms with Gasteiger partial charge in [0.15, 0.2) is 0 Å². The molecule has 0 aromatic carbocycles. The van der Waals surface area contributed by atoms with Crippen molar-refractivity contribution in [3.63, 3.8) is 0 Å². The zero-order valence-corrected chi connectivity index (χ0v) is 6.74. The summed E-state index contributed by atoms with van der Waals surface area (Å²) in [6.45, 7) is 2.36. The van der Waals surface area contributed by atoms with Crippen LogP contribution in [0.5, 0.6) is 0 Å². The number of nitrogens with zero attached hydrogens (tertiary/aromatic N) is 2. The minimum Gasteiger partial charge on any atom is -0.258 e. The van der Waals surface area contributed by atoms with Crippen molar-refractivity contribution < 1.29 is 9.31 Å². The maximum absolute atomic E-state index is 11.7. The first-order chi connectivity index (χ1) is 6.11. The van der Waals surface area contributed by atoms with Gasteiger partial charge in [0, 0.05) is 17.7 Å². The second kappa shape index (κ2) is 5.66. The van der Waals surface area contributed by atoms with E-state index >= 15 is 0 Å². The molecule has 68 valence electrons. The van der Waals surface area contributed by atoms with Crippen molar-refractivity contribution in [3.8, 4) is 6.07 Å². The summed E-state index contributed by atoms with van der Waals surface area (Å²) in [4.78, 5) is 9.46. The molecule has 0 spiro atoms. The lowest BCUT2D eigenvalue weighted by molar-refractivity contribution is -0.419. The van der Waals surface area contributed by atoms with Crippen molar-refractivity contribution in [2.45, 2.75) is 0 Å². The lowest BCUT2D eigenvalue weighted by atomic mass is 10.3. The molecule has 0 aliphatic heterocycles. The third-order valence-corrected chi connectivity index (χ3v) is 1.10. The van der Waals surface area contributed by atoms with Gasteiger partial charge in [0.1, 0.15) is 6.67 Å². The van der Waals surface area contributed by atoms with E-state index in [9.17, 15) is 14.5 Å². The Bertz CT molecular complexity index is 313. The lowest BCUT2D eigenvalue weighted by Crippen LogP contribution is -1.95. The van der Waals surface area contributed by atoms with Crippen LogP contribution >= 0.6 is 0 Å². The number of nitro groups is 1. The molecule has 0 heterocycles. The topological polar surface area (TPSA) is 66.9 Å². The Hall–Kier alpha value is -1.96. The van der Waals surface area contributed by atoms with Crippen molar-refractivity contribution in [2.75, 3.05) is 6.67 Å². The highest BCUT2D eigenvalue weighted by Crippen LogP contribution is 2.00. The Morgan fingerprint density at radius 2 is 2.31 bits per heavy atom. The van der Waals surface area contributed by atoms with Crippen LogP contribution < -0.4 is 0 Å². The molecular weight excluding hydrogens is 175 g/mol. The monoisotopic (exact) mass is 182 g/mol. The highest BCUT2D eigenvalue weighted by molar-refractivity contribution is 5.32. The average molecular weight is 182 g/mol. The molecule has 13 heavy (non-hydrogen) atoms. The normalized spacial score (nSPS) is 11.2. The van der Waals surface area contributed by atoms with Crippen LogP contribution in [0, 0.1) is 21.4 Å². The summed E-state index contributed by atoms with van der Waals surface area (Å²) in [5.74, 6) is 0. The molecule has 0 bridgehead atoms. The van der Waals surface area contributed by atoms with Crippen LogP contribution in [0.2, 0.25) is 0 Å². The molecule has 4 nitrogen and oxygen atoms in total. The van der Waals surface area contributed by atoms with Crippen LogP contribution in [0.1, 0.15) is 0 Å². The second-order valence-corrected chi connectivity index (χ2v) is 2.01. The summed E-state index contributed by atoms with van der Waals surface area (Å²) >= 11 is 0. The fourth-order valence-corrected chi connectivity index (χ4v) is 0.506. The van der Waals surface area contributed by atoms with E-state index in [2.05, 4.69) is 6.58 Å². The van der Waals surface area contributed by atoms with Gasteiger partial charge in [-0.25, -0.2) is 4.39 Å². The average Bonchev–Trinajstić information content (AvgIpc) is 2.11. The van der Waals surface area contributed by atoms with Crippen molar-refractivity contribution >= 4 is 0 Å². The van der Waals surface area contributed by atoms with Crippen LogP contribution in [0.15, 0.2) is 36.1 Å². The molecule has 0 amide bonds. The van der Waals surface area contributed by atoms with Gasteiger partial charge in [-0.05, 0) is 6.08 Å². The predicted molar refractivity (Wildman–Crippen MR) is 44.9 cm³/mol. The Balaban J connectivity index is 4.56. The van der Waals surface area contributed by atoms with E-state index in [1.165, 1.54) is 0 Å². The molecule has 0 atom stereocenters. The molecule has 5 heteroatoms. The summed E-state index contributed by atoms with van der Waals surface area (Å²) in [6.07, 6.45) is 3.00. The van der Waals surface area contributed by atoms with Crippen molar-refractivity contribution in [2.24, 2.45) is 0 Å². The summed E-state index contributed by atoms with van der Waals surface area (Å²) in [7, 11) is 0. The largest absolute Gasteiger partial charge is 0.268 e. The number of hydrogen-bond acceptors (Lipinski definition) is 3. The molecule has 0 saturated carbocycles.